The standard InChI is InChI=1S/C14H9F3O2/c15-13(16)12(19)14(17,8-18)11-7-3-5-9-4-1-2-6-10(9)11/h1-8,13H. The maximum atomic E-state index is 14.4. The van der Waals surface area contributed by atoms with Crippen LogP contribution in [0.15, 0.2) is 42.5 Å². The molecule has 0 fully saturated rings. The van der Waals surface area contributed by atoms with Gasteiger partial charge in [0.25, 0.3) is 12.1 Å². The highest BCUT2D eigenvalue weighted by Crippen LogP contribution is 2.33. The molecule has 0 N–H and O–H groups in total. The van der Waals surface area contributed by atoms with E-state index in [2.05, 4.69) is 0 Å². The predicted octanol–water partition coefficient (Wildman–Crippen LogP) is 3.04. The lowest BCUT2D eigenvalue weighted by Gasteiger charge is -2.19. The van der Waals surface area contributed by atoms with E-state index in [-0.39, 0.29) is 17.2 Å². The molecule has 0 aliphatic heterocycles. The van der Waals surface area contributed by atoms with E-state index in [0.29, 0.717) is 5.39 Å². The lowest BCUT2D eigenvalue weighted by atomic mass is 9.88. The monoisotopic (exact) mass is 266 g/mol. The molecule has 0 bridgehead atoms. The second kappa shape index (κ2) is 4.84. The first-order valence-electron chi connectivity index (χ1n) is 5.46. The molecule has 5 heteroatoms. The Hall–Kier alpha value is -2.17. The minimum Gasteiger partial charge on any atom is -0.299 e. The van der Waals surface area contributed by atoms with Crippen LogP contribution >= 0.6 is 0 Å². The molecule has 0 saturated carbocycles. The summed E-state index contributed by atoms with van der Waals surface area (Å²) in [4.78, 5) is 22.2. The van der Waals surface area contributed by atoms with E-state index in [9.17, 15) is 22.8 Å². The van der Waals surface area contributed by atoms with Gasteiger partial charge in [-0.05, 0) is 10.8 Å². The number of aldehydes is 1. The fourth-order valence-corrected chi connectivity index (χ4v) is 1.96. The van der Waals surface area contributed by atoms with Crippen molar-refractivity contribution in [3.05, 3.63) is 48.0 Å². The maximum Gasteiger partial charge on any atom is 0.300 e. The third-order valence-corrected chi connectivity index (χ3v) is 2.90. The lowest BCUT2D eigenvalue weighted by molar-refractivity contribution is -0.146. The number of fused-ring (bicyclic) bond motifs is 1. The minimum atomic E-state index is -3.55. The number of rotatable bonds is 4. The molecular formula is C14H9F3O2. The Morgan fingerprint density at radius 1 is 1.11 bits per heavy atom. The number of halogens is 3. The molecule has 0 aliphatic carbocycles. The topological polar surface area (TPSA) is 34.1 Å². The molecule has 1 atom stereocenters. The van der Waals surface area contributed by atoms with Crippen molar-refractivity contribution in [3.8, 4) is 0 Å². The Bertz CT molecular complexity index is 634. The molecule has 2 rings (SSSR count). The van der Waals surface area contributed by atoms with E-state index in [1.54, 1.807) is 24.3 Å². The first kappa shape index (κ1) is 13.3. The molecule has 0 radical (unpaired) electrons. The molecule has 1 unspecified atom stereocenters. The van der Waals surface area contributed by atoms with Gasteiger partial charge in [-0.2, -0.15) is 0 Å². The van der Waals surface area contributed by atoms with Crippen molar-refractivity contribution >= 4 is 22.8 Å². The Balaban J connectivity index is 2.71. The van der Waals surface area contributed by atoms with Gasteiger partial charge in [0.15, 0.2) is 6.29 Å². The van der Waals surface area contributed by atoms with Crippen LogP contribution in [0.3, 0.4) is 0 Å². The zero-order valence-electron chi connectivity index (χ0n) is 9.65. The zero-order chi connectivity index (χ0) is 14.0. The van der Waals surface area contributed by atoms with Crippen molar-refractivity contribution in [1.29, 1.82) is 0 Å². The summed E-state index contributed by atoms with van der Waals surface area (Å²) in [5, 5.41) is 0.819. The van der Waals surface area contributed by atoms with E-state index in [1.807, 2.05) is 0 Å². The molecule has 0 aliphatic rings. The summed E-state index contributed by atoms with van der Waals surface area (Å²) < 4.78 is 39.3. The van der Waals surface area contributed by atoms with Crippen molar-refractivity contribution in [2.24, 2.45) is 0 Å². The number of hydrogen-bond donors (Lipinski definition) is 0. The van der Waals surface area contributed by atoms with Crippen LogP contribution in [0.5, 0.6) is 0 Å². The quantitative estimate of drug-likeness (QED) is 0.629. The molecule has 2 nitrogen and oxygen atoms in total. The molecule has 0 aromatic heterocycles. The van der Waals surface area contributed by atoms with Crippen LogP contribution in [-0.2, 0) is 15.3 Å². The van der Waals surface area contributed by atoms with Gasteiger partial charge in [0.05, 0.1) is 0 Å². The van der Waals surface area contributed by atoms with Crippen LogP contribution in [0.4, 0.5) is 13.2 Å². The van der Waals surface area contributed by atoms with E-state index < -0.39 is 17.9 Å². The van der Waals surface area contributed by atoms with Crippen LogP contribution in [-0.4, -0.2) is 18.5 Å². The highest BCUT2D eigenvalue weighted by molar-refractivity contribution is 6.07. The SMILES string of the molecule is O=CC(F)(C(=O)C(F)F)c1cccc2ccccc12. The fourth-order valence-electron chi connectivity index (χ4n) is 1.96. The van der Waals surface area contributed by atoms with E-state index in [4.69, 9.17) is 0 Å². The summed E-state index contributed by atoms with van der Waals surface area (Å²) >= 11 is 0. The predicted molar refractivity (Wildman–Crippen MR) is 63.8 cm³/mol. The normalized spacial score (nSPS) is 14.3. The Labute approximate surface area is 106 Å². The number of hydrogen-bond acceptors (Lipinski definition) is 2. The number of benzene rings is 2. The lowest BCUT2D eigenvalue weighted by Crippen LogP contribution is -2.37. The Morgan fingerprint density at radius 3 is 2.37 bits per heavy atom. The van der Waals surface area contributed by atoms with Crippen LogP contribution in [0.1, 0.15) is 5.56 Å². The summed E-state index contributed by atoms with van der Waals surface area (Å²) in [6, 6.07) is 10.6. The number of alkyl halides is 3. The van der Waals surface area contributed by atoms with Crippen LogP contribution < -0.4 is 0 Å². The maximum absolute atomic E-state index is 14.4. The van der Waals surface area contributed by atoms with E-state index in [1.165, 1.54) is 12.1 Å². The number of carbonyl (C=O) groups is 2. The van der Waals surface area contributed by atoms with Crippen LogP contribution in [0, 0.1) is 0 Å². The van der Waals surface area contributed by atoms with Crippen LogP contribution in [0.2, 0.25) is 0 Å². The molecule has 0 amide bonds. The third kappa shape index (κ3) is 2.12. The van der Waals surface area contributed by atoms with Crippen molar-refractivity contribution in [2.75, 3.05) is 0 Å². The molecule has 19 heavy (non-hydrogen) atoms. The average molecular weight is 266 g/mol. The summed E-state index contributed by atoms with van der Waals surface area (Å²) in [5.74, 6) is -2.04. The van der Waals surface area contributed by atoms with Gasteiger partial charge in [-0.3, -0.25) is 9.59 Å². The van der Waals surface area contributed by atoms with E-state index in [0.717, 1.165) is 6.07 Å². The van der Waals surface area contributed by atoms with Crippen molar-refractivity contribution in [3.63, 3.8) is 0 Å². The van der Waals surface area contributed by atoms with Gasteiger partial charge in [-0.1, -0.05) is 42.5 Å². The van der Waals surface area contributed by atoms with Gasteiger partial charge in [0.2, 0.25) is 5.78 Å². The summed E-state index contributed by atoms with van der Waals surface area (Å²) in [5.41, 5.74) is -3.68. The molecule has 2 aromatic carbocycles. The smallest absolute Gasteiger partial charge is 0.299 e. The van der Waals surface area contributed by atoms with Crippen molar-refractivity contribution < 1.29 is 22.8 Å². The Kier molecular flexibility index (Phi) is 3.38. The second-order valence-corrected chi connectivity index (χ2v) is 4.02. The highest BCUT2D eigenvalue weighted by Gasteiger charge is 2.46. The number of Topliss-reactive ketones (excluding diaryl/α,β-unsaturated/α-hetero) is 1. The largest absolute Gasteiger partial charge is 0.300 e. The molecular weight excluding hydrogens is 257 g/mol. The van der Waals surface area contributed by atoms with Gasteiger partial charge in [-0.15, -0.1) is 0 Å². The third-order valence-electron chi connectivity index (χ3n) is 2.90. The summed E-state index contributed by atoms with van der Waals surface area (Å²) in [7, 11) is 0. The molecule has 0 saturated heterocycles. The molecule has 0 spiro atoms. The van der Waals surface area contributed by atoms with Crippen LogP contribution in [0.25, 0.3) is 10.8 Å². The molecule has 98 valence electrons. The first-order chi connectivity index (χ1) is 9.00. The van der Waals surface area contributed by atoms with Gasteiger partial charge >= 0.3 is 0 Å². The zero-order valence-corrected chi connectivity index (χ0v) is 9.65. The van der Waals surface area contributed by atoms with Gasteiger partial charge < -0.3 is 0 Å². The van der Waals surface area contributed by atoms with Crippen molar-refractivity contribution in [2.45, 2.75) is 12.1 Å². The summed E-state index contributed by atoms with van der Waals surface area (Å²) in [6.45, 7) is 0. The average Bonchev–Trinajstić information content (AvgIpc) is 2.45. The first-order valence-corrected chi connectivity index (χ1v) is 5.46. The minimum absolute atomic E-state index is 0.258. The highest BCUT2D eigenvalue weighted by atomic mass is 19.3. The van der Waals surface area contributed by atoms with Gasteiger partial charge in [-0.25, -0.2) is 13.2 Å². The van der Waals surface area contributed by atoms with Gasteiger partial charge in [0, 0.05) is 5.56 Å². The summed E-state index contributed by atoms with van der Waals surface area (Å²) in [6.07, 6.45) is -3.92. The van der Waals surface area contributed by atoms with Crippen molar-refractivity contribution in [1.82, 2.24) is 0 Å². The fraction of sp³-hybridized carbons (Fsp3) is 0.143. The molecule has 0 heterocycles. The number of carbonyl (C=O) groups excluding carboxylic acids is 2. The van der Waals surface area contributed by atoms with E-state index >= 15 is 0 Å². The number of ketones is 1. The van der Waals surface area contributed by atoms with Gasteiger partial charge in [0.1, 0.15) is 0 Å². The Morgan fingerprint density at radius 2 is 1.74 bits per heavy atom. The molecule has 2 aromatic rings. The second-order valence-electron chi connectivity index (χ2n) is 4.02.